The molecule has 2 fully saturated rings. The molecular weight excluding hydrogens is 212 g/mol. The molecule has 0 amide bonds. The molecule has 3 nitrogen and oxygen atoms in total. The summed E-state index contributed by atoms with van der Waals surface area (Å²) in [5.74, 6) is 1.92. The highest BCUT2D eigenvalue weighted by molar-refractivity contribution is 5.00. The molecule has 1 aromatic rings. The monoisotopic (exact) mass is 234 g/mol. The minimum absolute atomic E-state index is 0.742. The molecule has 0 spiro atoms. The third-order valence-corrected chi connectivity index (χ3v) is 4.17. The Labute approximate surface area is 103 Å². The van der Waals surface area contributed by atoms with Crippen LogP contribution in [0.25, 0.3) is 0 Å². The molecule has 2 saturated carbocycles. The SMILES string of the molecule is CN(Cc1ccco1)C1CCC1CNC1CC1. The number of nitrogens with one attached hydrogen (secondary N) is 1. The molecule has 0 aromatic carbocycles. The van der Waals surface area contributed by atoms with E-state index < -0.39 is 0 Å². The van der Waals surface area contributed by atoms with Gasteiger partial charge in [-0.2, -0.15) is 0 Å². The number of rotatable bonds is 6. The average molecular weight is 234 g/mol. The molecule has 1 aromatic heterocycles. The zero-order chi connectivity index (χ0) is 11.7. The van der Waals surface area contributed by atoms with Crippen LogP contribution in [0.5, 0.6) is 0 Å². The Morgan fingerprint density at radius 1 is 1.35 bits per heavy atom. The minimum atomic E-state index is 0.742. The standard InChI is InChI=1S/C14H22N2O/c1-16(10-13-3-2-8-17-13)14-7-4-11(14)9-15-12-5-6-12/h2-3,8,11-12,14-15H,4-7,9-10H2,1H3. The first-order valence-electron chi connectivity index (χ1n) is 6.79. The fourth-order valence-electron chi connectivity index (χ4n) is 2.74. The summed E-state index contributed by atoms with van der Waals surface area (Å²) in [6.45, 7) is 2.15. The molecule has 0 aliphatic heterocycles. The van der Waals surface area contributed by atoms with Crippen LogP contribution in [-0.4, -0.2) is 30.6 Å². The Morgan fingerprint density at radius 2 is 2.24 bits per heavy atom. The predicted octanol–water partition coefficient (Wildman–Crippen LogP) is 2.24. The second kappa shape index (κ2) is 4.83. The molecule has 0 bridgehead atoms. The van der Waals surface area contributed by atoms with Crippen molar-refractivity contribution in [2.24, 2.45) is 5.92 Å². The van der Waals surface area contributed by atoms with Crippen LogP contribution in [0.1, 0.15) is 31.4 Å². The van der Waals surface area contributed by atoms with Gasteiger partial charge in [0, 0.05) is 12.1 Å². The van der Waals surface area contributed by atoms with Gasteiger partial charge in [-0.3, -0.25) is 4.90 Å². The quantitative estimate of drug-likeness (QED) is 0.818. The minimum Gasteiger partial charge on any atom is -0.468 e. The van der Waals surface area contributed by atoms with Gasteiger partial charge in [0.25, 0.3) is 0 Å². The Balaban J connectivity index is 1.46. The van der Waals surface area contributed by atoms with Gasteiger partial charge in [-0.15, -0.1) is 0 Å². The van der Waals surface area contributed by atoms with Gasteiger partial charge in [0.1, 0.15) is 5.76 Å². The van der Waals surface area contributed by atoms with E-state index in [2.05, 4.69) is 23.3 Å². The number of nitrogens with zero attached hydrogens (tertiary/aromatic N) is 1. The van der Waals surface area contributed by atoms with Gasteiger partial charge in [-0.05, 0) is 57.3 Å². The van der Waals surface area contributed by atoms with Crippen molar-refractivity contribution in [1.82, 2.24) is 10.2 Å². The smallest absolute Gasteiger partial charge is 0.117 e. The van der Waals surface area contributed by atoms with Crippen molar-refractivity contribution in [3.63, 3.8) is 0 Å². The van der Waals surface area contributed by atoms with Crippen molar-refractivity contribution in [3.8, 4) is 0 Å². The lowest BCUT2D eigenvalue weighted by Gasteiger charge is -2.42. The largest absolute Gasteiger partial charge is 0.468 e. The first kappa shape index (κ1) is 11.3. The van der Waals surface area contributed by atoms with E-state index in [1.54, 1.807) is 6.26 Å². The fourth-order valence-corrected chi connectivity index (χ4v) is 2.74. The Kier molecular flexibility index (Phi) is 3.21. The Bertz CT molecular complexity index is 345. The van der Waals surface area contributed by atoms with Crippen molar-refractivity contribution < 1.29 is 4.42 Å². The van der Waals surface area contributed by atoms with E-state index in [9.17, 15) is 0 Å². The second-order valence-electron chi connectivity index (χ2n) is 5.58. The topological polar surface area (TPSA) is 28.4 Å². The molecule has 94 valence electrons. The van der Waals surface area contributed by atoms with Gasteiger partial charge in [-0.1, -0.05) is 0 Å². The third-order valence-electron chi connectivity index (χ3n) is 4.17. The van der Waals surface area contributed by atoms with E-state index >= 15 is 0 Å². The van der Waals surface area contributed by atoms with Gasteiger partial charge in [-0.25, -0.2) is 0 Å². The molecule has 3 rings (SSSR count). The zero-order valence-electron chi connectivity index (χ0n) is 10.6. The highest BCUT2D eigenvalue weighted by Gasteiger charge is 2.35. The maximum Gasteiger partial charge on any atom is 0.117 e. The summed E-state index contributed by atoms with van der Waals surface area (Å²) in [5, 5.41) is 3.65. The van der Waals surface area contributed by atoms with Crippen molar-refractivity contribution in [2.75, 3.05) is 13.6 Å². The van der Waals surface area contributed by atoms with Gasteiger partial charge in [0.15, 0.2) is 0 Å². The van der Waals surface area contributed by atoms with Crippen molar-refractivity contribution in [3.05, 3.63) is 24.2 Å². The van der Waals surface area contributed by atoms with Gasteiger partial charge in [0.05, 0.1) is 12.8 Å². The molecule has 2 atom stereocenters. The lowest BCUT2D eigenvalue weighted by molar-refractivity contribution is 0.0726. The van der Waals surface area contributed by atoms with Gasteiger partial charge >= 0.3 is 0 Å². The fraction of sp³-hybridized carbons (Fsp3) is 0.714. The van der Waals surface area contributed by atoms with Crippen molar-refractivity contribution >= 4 is 0 Å². The maximum absolute atomic E-state index is 5.41. The van der Waals surface area contributed by atoms with Crippen LogP contribution in [-0.2, 0) is 6.54 Å². The lowest BCUT2D eigenvalue weighted by Crippen LogP contribution is -2.48. The highest BCUT2D eigenvalue weighted by atomic mass is 16.3. The van der Waals surface area contributed by atoms with E-state index in [1.807, 2.05) is 6.07 Å². The van der Waals surface area contributed by atoms with E-state index in [0.29, 0.717) is 0 Å². The second-order valence-corrected chi connectivity index (χ2v) is 5.58. The first-order chi connectivity index (χ1) is 8.33. The van der Waals surface area contributed by atoms with Crippen LogP contribution in [0.3, 0.4) is 0 Å². The normalized spacial score (nSPS) is 28.4. The molecular formula is C14H22N2O. The summed E-state index contributed by atoms with van der Waals surface area (Å²) in [4.78, 5) is 2.45. The van der Waals surface area contributed by atoms with Crippen LogP contribution in [0.2, 0.25) is 0 Å². The van der Waals surface area contributed by atoms with Crippen LogP contribution in [0.4, 0.5) is 0 Å². The molecule has 1 heterocycles. The van der Waals surface area contributed by atoms with Crippen LogP contribution < -0.4 is 5.32 Å². The number of hydrogen-bond donors (Lipinski definition) is 1. The summed E-state index contributed by atoms with van der Waals surface area (Å²) < 4.78 is 5.41. The molecule has 0 saturated heterocycles. The maximum atomic E-state index is 5.41. The van der Waals surface area contributed by atoms with E-state index in [0.717, 1.165) is 30.3 Å². The first-order valence-corrected chi connectivity index (χ1v) is 6.79. The third kappa shape index (κ3) is 2.72. The zero-order valence-corrected chi connectivity index (χ0v) is 10.6. The average Bonchev–Trinajstić information content (AvgIpc) is 2.94. The molecule has 0 radical (unpaired) electrons. The van der Waals surface area contributed by atoms with Crippen molar-refractivity contribution in [1.29, 1.82) is 0 Å². The summed E-state index contributed by atoms with van der Waals surface area (Å²) in [5.41, 5.74) is 0. The predicted molar refractivity (Wildman–Crippen MR) is 67.7 cm³/mol. The van der Waals surface area contributed by atoms with Crippen molar-refractivity contribution in [2.45, 2.75) is 44.3 Å². The van der Waals surface area contributed by atoms with E-state index in [1.165, 1.54) is 32.2 Å². The Hall–Kier alpha value is -0.800. The molecule has 17 heavy (non-hydrogen) atoms. The van der Waals surface area contributed by atoms with E-state index in [4.69, 9.17) is 4.42 Å². The van der Waals surface area contributed by atoms with Crippen LogP contribution in [0.15, 0.2) is 22.8 Å². The molecule has 2 aliphatic carbocycles. The van der Waals surface area contributed by atoms with Gasteiger partial charge in [0.2, 0.25) is 0 Å². The van der Waals surface area contributed by atoms with Crippen LogP contribution in [0, 0.1) is 5.92 Å². The summed E-state index contributed by atoms with van der Waals surface area (Å²) in [6, 6.07) is 5.61. The van der Waals surface area contributed by atoms with Crippen LogP contribution >= 0.6 is 0 Å². The number of furan rings is 1. The molecule has 2 unspecified atom stereocenters. The molecule has 3 heteroatoms. The summed E-state index contributed by atoms with van der Waals surface area (Å²) in [7, 11) is 2.22. The van der Waals surface area contributed by atoms with Gasteiger partial charge < -0.3 is 9.73 Å². The molecule has 1 N–H and O–H groups in total. The van der Waals surface area contributed by atoms with E-state index in [-0.39, 0.29) is 0 Å². The number of hydrogen-bond acceptors (Lipinski definition) is 3. The molecule has 2 aliphatic rings. The summed E-state index contributed by atoms with van der Waals surface area (Å²) in [6.07, 6.45) is 7.26. The Morgan fingerprint density at radius 3 is 2.82 bits per heavy atom. The highest BCUT2D eigenvalue weighted by Crippen LogP contribution is 2.32. The summed E-state index contributed by atoms with van der Waals surface area (Å²) >= 11 is 0. The lowest BCUT2D eigenvalue weighted by atomic mass is 9.78.